The minimum atomic E-state index is 0.131. The third kappa shape index (κ3) is 4.27. The van der Waals surface area contributed by atoms with E-state index in [4.69, 9.17) is 11.6 Å². The van der Waals surface area contributed by atoms with E-state index in [1.54, 1.807) is 24.3 Å². The highest BCUT2D eigenvalue weighted by Gasteiger charge is 2.08. The molecule has 15 heavy (non-hydrogen) atoms. The van der Waals surface area contributed by atoms with Crippen molar-refractivity contribution < 1.29 is 4.79 Å². The smallest absolute Gasteiger partial charge is 0.219 e. The summed E-state index contributed by atoms with van der Waals surface area (Å²) in [5.41, 5.74) is 0.729. The van der Waals surface area contributed by atoms with Gasteiger partial charge in [0.05, 0.1) is 0 Å². The minimum Gasteiger partial charge on any atom is -0.282 e. The zero-order valence-electron chi connectivity index (χ0n) is 9.00. The Balaban J connectivity index is 2.50. The maximum atomic E-state index is 11.7. The number of rotatable bonds is 4. The van der Waals surface area contributed by atoms with E-state index in [2.05, 4.69) is 13.8 Å². The lowest BCUT2D eigenvalue weighted by atomic mass is 10.2. The Morgan fingerprint density at radius 3 is 2.53 bits per heavy atom. The number of hydrogen-bond acceptors (Lipinski definition) is 2. The lowest BCUT2D eigenvalue weighted by Gasteiger charge is -2.06. The Labute approximate surface area is 100 Å². The maximum absolute atomic E-state index is 11.7. The zero-order chi connectivity index (χ0) is 11.3. The first kappa shape index (κ1) is 12.6. The van der Waals surface area contributed by atoms with E-state index < -0.39 is 0 Å². The molecule has 1 atom stereocenters. The molecule has 0 aliphatic carbocycles. The van der Waals surface area contributed by atoms with Gasteiger partial charge in [0.15, 0.2) is 0 Å². The van der Waals surface area contributed by atoms with Gasteiger partial charge in [-0.25, -0.2) is 0 Å². The highest BCUT2D eigenvalue weighted by Crippen LogP contribution is 2.18. The molecule has 0 fully saturated rings. The van der Waals surface area contributed by atoms with Gasteiger partial charge >= 0.3 is 0 Å². The van der Waals surface area contributed by atoms with Crippen molar-refractivity contribution in [2.45, 2.75) is 20.3 Å². The maximum Gasteiger partial charge on any atom is 0.219 e. The topological polar surface area (TPSA) is 17.1 Å². The Morgan fingerprint density at radius 1 is 1.40 bits per heavy atom. The first-order chi connectivity index (χ1) is 7.13. The van der Waals surface area contributed by atoms with Crippen LogP contribution in [0.25, 0.3) is 0 Å². The molecule has 1 rings (SSSR count). The Hall–Kier alpha value is -0.470. The van der Waals surface area contributed by atoms with Gasteiger partial charge in [-0.3, -0.25) is 4.79 Å². The number of carbonyl (C=O) groups excluding carboxylic acids is 1. The summed E-state index contributed by atoms with van der Waals surface area (Å²) >= 11 is 7.13. The van der Waals surface area contributed by atoms with Gasteiger partial charge in [-0.1, -0.05) is 43.6 Å². The van der Waals surface area contributed by atoms with Crippen molar-refractivity contribution in [2.24, 2.45) is 5.92 Å². The average Bonchev–Trinajstić information content (AvgIpc) is 2.26. The highest BCUT2D eigenvalue weighted by atomic mass is 35.5. The Morgan fingerprint density at radius 2 is 2.00 bits per heavy atom. The van der Waals surface area contributed by atoms with Crippen LogP contribution in [0.5, 0.6) is 0 Å². The molecule has 0 amide bonds. The normalized spacial score (nSPS) is 12.5. The standard InChI is InChI=1S/C12H15ClOS/c1-3-9(2)8-15-12(14)10-4-6-11(13)7-5-10/h4-7,9H,3,8H2,1-2H3/t9-/m0/s1. The average molecular weight is 243 g/mol. The van der Waals surface area contributed by atoms with Crippen LogP contribution in [0.4, 0.5) is 0 Å². The summed E-state index contributed by atoms with van der Waals surface area (Å²) in [4.78, 5) is 11.7. The SMILES string of the molecule is CC[C@H](C)CSC(=O)c1ccc(Cl)cc1. The summed E-state index contributed by atoms with van der Waals surface area (Å²) in [6.45, 7) is 4.29. The van der Waals surface area contributed by atoms with Gasteiger partial charge in [-0.05, 0) is 30.2 Å². The first-order valence-electron chi connectivity index (χ1n) is 5.06. The highest BCUT2D eigenvalue weighted by molar-refractivity contribution is 8.14. The van der Waals surface area contributed by atoms with Crippen molar-refractivity contribution in [2.75, 3.05) is 5.75 Å². The number of halogens is 1. The van der Waals surface area contributed by atoms with E-state index in [9.17, 15) is 4.79 Å². The quantitative estimate of drug-likeness (QED) is 0.785. The van der Waals surface area contributed by atoms with E-state index in [-0.39, 0.29) is 5.12 Å². The van der Waals surface area contributed by atoms with Crippen LogP contribution in [0.2, 0.25) is 5.02 Å². The molecule has 1 aromatic carbocycles. The third-order valence-corrected chi connectivity index (χ3v) is 3.76. The fraction of sp³-hybridized carbons (Fsp3) is 0.417. The molecule has 0 unspecified atom stereocenters. The Bertz CT molecular complexity index is 321. The summed E-state index contributed by atoms with van der Waals surface area (Å²) in [5, 5.41) is 0.797. The fourth-order valence-electron chi connectivity index (χ4n) is 1.01. The van der Waals surface area contributed by atoms with Crippen molar-refractivity contribution >= 4 is 28.5 Å². The van der Waals surface area contributed by atoms with Crippen molar-refractivity contribution in [3.05, 3.63) is 34.9 Å². The summed E-state index contributed by atoms with van der Waals surface area (Å²) in [6, 6.07) is 7.04. The van der Waals surface area contributed by atoms with E-state index in [0.29, 0.717) is 10.9 Å². The molecular formula is C12H15ClOS. The number of benzene rings is 1. The second-order valence-electron chi connectivity index (χ2n) is 3.62. The van der Waals surface area contributed by atoms with Gasteiger partial charge in [-0.2, -0.15) is 0 Å². The second kappa shape index (κ2) is 6.19. The molecule has 1 nitrogen and oxygen atoms in total. The Kier molecular flexibility index (Phi) is 5.20. The molecule has 0 N–H and O–H groups in total. The minimum absolute atomic E-state index is 0.131. The number of thioether (sulfide) groups is 1. The second-order valence-corrected chi connectivity index (χ2v) is 5.05. The van der Waals surface area contributed by atoms with Crippen LogP contribution in [-0.4, -0.2) is 10.9 Å². The number of hydrogen-bond donors (Lipinski definition) is 0. The molecule has 0 aliphatic rings. The van der Waals surface area contributed by atoms with Crippen LogP contribution < -0.4 is 0 Å². The van der Waals surface area contributed by atoms with E-state index in [0.717, 1.165) is 17.7 Å². The van der Waals surface area contributed by atoms with E-state index in [1.165, 1.54) is 11.8 Å². The van der Waals surface area contributed by atoms with Gasteiger partial charge in [0, 0.05) is 16.3 Å². The summed E-state index contributed by atoms with van der Waals surface area (Å²) in [7, 11) is 0. The molecule has 0 saturated carbocycles. The molecule has 0 spiro atoms. The molecule has 0 bridgehead atoms. The molecule has 0 saturated heterocycles. The predicted octanol–water partition coefficient (Wildman–Crippen LogP) is 4.26. The molecule has 0 aromatic heterocycles. The monoisotopic (exact) mass is 242 g/mol. The van der Waals surface area contributed by atoms with Crippen LogP contribution in [0.15, 0.2) is 24.3 Å². The number of carbonyl (C=O) groups is 1. The van der Waals surface area contributed by atoms with Gasteiger partial charge in [0.1, 0.15) is 0 Å². The summed E-state index contributed by atoms with van der Waals surface area (Å²) in [5.74, 6) is 1.48. The molecule has 0 heterocycles. The lowest BCUT2D eigenvalue weighted by Crippen LogP contribution is -2.01. The van der Waals surface area contributed by atoms with Crippen LogP contribution in [-0.2, 0) is 0 Å². The van der Waals surface area contributed by atoms with Crippen molar-refractivity contribution in [3.63, 3.8) is 0 Å². The van der Waals surface area contributed by atoms with E-state index >= 15 is 0 Å². The predicted molar refractivity (Wildman–Crippen MR) is 67.7 cm³/mol. The van der Waals surface area contributed by atoms with Crippen LogP contribution >= 0.6 is 23.4 Å². The van der Waals surface area contributed by atoms with Crippen LogP contribution in [0.1, 0.15) is 30.6 Å². The van der Waals surface area contributed by atoms with Gasteiger partial charge in [0.2, 0.25) is 5.12 Å². The third-order valence-electron chi connectivity index (χ3n) is 2.28. The van der Waals surface area contributed by atoms with Gasteiger partial charge in [0.25, 0.3) is 0 Å². The first-order valence-corrected chi connectivity index (χ1v) is 6.42. The lowest BCUT2D eigenvalue weighted by molar-refractivity contribution is 0.108. The summed E-state index contributed by atoms with van der Waals surface area (Å²) in [6.07, 6.45) is 1.11. The van der Waals surface area contributed by atoms with Crippen molar-refractivity contribution in [1.82, 2.24) is 0 Å². The summed E-state index contributed by atoms with van der Waals surface area (Å²) < 4.78 is 0. The van der Waals surface area contributed by atoms with Gasteiger partial charge < -0.3 is 0 Å². The van der Waals surface area contributed by atoms with Gasteiger partial charge in [-0.15, -0.1) is 0 Å². The van der Waals surface area contributed by atoms with Crippen LogP contribution in [0.3, 0.4) is 0 Å². The largest absolute Gasteiger partial charge is 0.282 e. The van der Waals surface area contributed by atoms with Crippen LogP contribution in [0, 0.1) is 5.92 Å². The fourth-order valence-corrected chi connectivity index (χ4v) is 2.11. The molecule has 1 aromatic rings. The molecule has 82 valence electrons. The van der Waals surface area contributed by atoms with Crippen molar-refractivity contribution in [1.29, 1.82) is 0 Å². The van der Waals surface area contributed by atoms with E-state index in [1.807, 2.05) is 0 Å². The zero-order valence-corrected chi connectivity index (χ0v) is 10.6. The molecule has 0 radical (unpaired) electrons. The molecule has 0 aliphatic heterocycles. The molecule has 3 heteroatoms. The molecular weight excluding hydrogens is 228 g/mol. The van der Waals surface area contributed by atoms with Crippen molar-refractivity contribution in [3.8, 4) is 0 Å².